The van der Waals surface area contributed by atoms with E-state index in [0.29, 0.717) is 18.4 Å². The standard InChI is InChI=1S/C8H12F2/c1-2-4-7-5-3-6-8(7,9)10/h5H,2-4,6H2,1H3. The van der Waals surface area contributed by atoms with Crippen molar-refractivity contribution < 1.29 is 8.78 Å². The van der Waals surface area contributed by atoms with E-state index in [1.807, 2.05) is 6.92 Å². The lowest BCUT2D eigenvalue weighted by molar-refractivity contribution is 0.0397. The van der Waals surface area contributed by atoms with Crippen LogP contribution in [0.2, 0.25) is 0 Å². The molecule has 1 aliphatic rings. The molecule has 0 nitrogen and oxygen atoms in total. The molecular weight excluding hydrogens is 134 g/mol. The maximum absolute atomic E-state index is 12.7. The number of rotatable bonds is 2. The number of hydrogen-bond donors (Lipinski definition) is 0. The molecule has 1 rings (SSSR count). The molecule has 2 heteroatoms. The van der Waals surface area contributed by atoms with Crippen LogP contribution < -0.4 is 0 Å². The van der Waals surface area contributed by atoms with Gasteiger partial charge in [-0.05, 0) is 18.4 Å². The Morgan fingerprint density at radius 1 is 1.60 bits per heavy atom. The Morgan fingerprint density at radius 3 is 2.70 bits per heavy atom. The van der Waals surface area contributed by atoms with E-state index < -0.39 is 5.92 Å². The number of hydrogen-bond acceptors (Lipinski definition) is 0. The van der Waals surface area contributed by atoms with Crippen LogP contribution >= 0.6 is 0 Å². The highest BCUT2D eigenvalue weighted by atomic mass is 19.3. The van der Waals surface area contributed by atoms with Gasteiger partial charge in [0.05, 0.1) is 0 Å². The van der Waals surface area contributed by atoms with Gasteiger partial charge in [-0.3, -0.25) is 0 Å². The van der Waals surface area contributed by atoms with Gasteiger partial charge < -0.3 is 0 Å². The van der Waals surface area contributed by atoms with Gasteiger partial charge in [0, 0.05) is 6.42 Å². The molecule has 0 unspecified atom stereocenters. The van der Waals surface area contributed by atoms with Crippen LogP contribution in [0.4, 0.5) is 8.78 Å². The molecule has 0 bridgehead atoms. The zero-order valence-electron chi connectivity index (χ0n) is 6.16. The first-order valence-electron chi connectivity index (χ1n) is 3.74. The Balaban J connectivity index is 2.57. The Morgan fingerprint density at radius 2 is 2.30 bits per heavy atom. The fourth-order valence-corrected chi connectivity index (χ4v) is 1.29. The second kappa shape index (κ2) is 2.69. The molecule has 0 aromatic heterocycles. The quantitative estimate of drug-likeness (QED) is 0.525. The predicted octanol–water partition coefficient (Wildman–Crippen LogP) is 3.14. The molecule has 0 N–H and O–H groups in total. The average molecular weight is 146 g/mol. The maximum Gasteiger partial charge on any atom is 0.269 e. The highest BCUT2D eigenvalue weighted by Crippen LogP contribution is 2.37. The van der Waals surface area contributed by atoms with E-state index >= 15 is 0 Å². The molecule has 0 heterocycles. The third-order valence-electron chi connectivity index (χ3n) is 1.84. The van der Waals surface area contributed by atoms with Gasteiger partial charge in [-0.1, -0.05) is 19.4 Å². The van der Waals surface area contributed by atoms with Crippen molar-refractivity contribution in [1.82, 2.24) is 0 Å². The Kier molecular flexibility index (Phi) is 2.07. The van der Waals surface area contributed by atoms with Crippen LogP contribution in [-0.2, 0) is 0 Å². The average Bonchev–Trinajstić information content (AvgIpc) is 2.13. The van der Waals surface area contributed by atoms with Gasteiger partial charge in [0.2, 0.25) is 0 Å². The van der Waals surface area contributed by atoms with Gasteiger partial charge in [0.25, 0.3) is 5.92 Å². The molecule has 0 aromatic rings. The number of halogens is 2. The predicted molar refractivity (Wildman–Crippen MR) is 37.2 cm³/mol. The second-order valence-corrected chi connectivity index (χ2v) is 2.72. The summed E-state index contributed by atoms with van der Waals surface area (Å²) in [4.78, 5) is 0. The van der Waals surface area contributed by atoms with Crippen LogP contribution in [0, 0.1) is 0 Å². The summed E-state index contributed by atoms with van der Waals surface area (Å²) in [5.41, 5.74) is 0.356. The van der Waals surface area contributed by atoms with Crippen molar-refractivity contribution in [2.24, 2.45) is 0 Å². The lowest BCUT2D eigenvalue weighted by Gasteiger charge is -2.12. The van der Waals surface area contributed by atoms with Crippen molar-refractivity contribution in [3.8, 4) is 0 Å². The molecule has 0 aromatic carbocycles. The molecule has 1 aliphatic carbocycles. The van der Waals surface area contributed by atoms with Gasteiger partial charge in [-0.15, -0.1) is 0 Å². The van der Waals surface area contributed by atoms with E-state index in [1.54, 1.807) is 6.08 Å². The lowest BCUT2D eigenvalue weighted by atomic mass is 10.1. The lowest BCUT2D eigenvalue weighted by Crippen LogP contribution is -2.13. The molecule has 0 radical (unpaired) electrons. The molecule has 10 heavy (non-hydrogen) atoms. The zero-order chi connectivity index (χ0) is 7.61. The molecule has 58 valence electrons. The SMILES string of the molecule is CCCC1=CCCC1(F)F. The van der Waals surface area contributed by atoms with Crippen LogP contribution in [0.5, 0.6) is 0 Å². The third kappa shape index (κ3) is 1.36. The van der Waals surface area contributed by atoms with Crippen molar-refractivity contribution in [1.29, 1.82) is 0 Å². The van der Waals surface area contributed by atoms with E-state index in [2.05, 4.69) is 0 Å². The van der Waals surface area contributed by atoms with E-state index in [-0.39, 0.29) is 6.42 Å². The highest BCUT2D eigenvalue weighted by Gasteiger charge is 2.35. The largest absolute Gasteiger partial charge is 0.269 e. The summed E-state index contributed by atoms with van der Waals surface area (Å²) in [7, 11) is 0. The van der Waals surface area contributed by atoms with Crippen molar-refractivity contribution in [3.05, 3.63) is 11.6 Å². The van der Waals surface area contributed by atoms with Gasteiger partial charge in [-0.2, -0.15) is 0 Å². The van der Waals surface area contributed by atoms with Crippen LogP contribution in [0.25, 0.3) is 0 Å². The number of allylic oxidation sites excluding steroid dienone is 2. The molecule has 0 saturated heterocycles. The molecule has 0 spiro atoms. The van der Waals surface area contributed by atoms with E-state index in [4.69, 9.17) is 0 Å². The molecule has 0 amide bonds. The topological polar surface area (TPSA) is 0 Å². The maximum atomic E-state index is 12.7. The minimum absolute atomic E-state index is 0.0301. The zero-order valence-corrected chi connectivity index (χ0v) is 6.16. The number of alkyl halides is 2. The summed E-state index contributed by atoms with van der Waals surface area (Å²) in [5, 5.41) is 0. The minimum atomic E-state index is -2.48. The second-order valence-electron chi connectivity index (χ2n) is 2.72. The van der Waals surface area contributed by atoms with Crippen molar-refractivity contribution in [2.45, 2.75) is 38.5 Å². The first-order chi connectivity index (χ1) is 4.67. The van der Waals surface area contributed by atoms with Crippen LogP contribution in [0.15, 0.2) is 11.6 Å². The van der Waals surface area contributed by atoms with Crippen LogP contribution in [-0.4, -0.2) is 5.92 Å². The van der Waals surface area contributed by atoms with E-state index in [0.717, 1.165) is 6.42 Å². The van der Waals surface area contributed by atoms with Crippen molar-refractivity contribution in [2.75, 3.05) is 0 Å². The summed E-state index contributed by atoms with van der Waals surface area (Å²) < 4.78 is 25.5. The fraction of sp³-hybridized carbons (Fsp3) is 0.750. The molecule has 0 atom stereocenters. The van der Waals surface area contributed by atoms with Crippen LogP contribution in [0.3, 0.4) is 0 Å². The van der Waals surface area contributed by atoms with Gasteiger partial charge in [-0.25, -0.2) is 8.78 Å². The Hall–Kier alpha value is -0.400. The summed E-state index contributed by atoms with van der Waals surface area (Å²) in [6.45, 7) is 1.93. The summed E-state index contributed by atoms with van der Waals surface area (Å²) in [6.07, 6.45) is 3.66. The van der Waals surface area contributed by atoms with Crippen molar-refractivity contribution >= 4 is 0 Å². The normalized spacial score (nSPS) is 22.9. The molecule has 0 saturated carbocycles. The summed E-state index contributed by atoms with van der Waals surface area (Å²) in [5.74, 6) is -2.48. The van der Waals surface area contributed by atoms with Crippen molar-refractivity contribution in [3.63, 3.8) is 0 Å². The smallest absolute Gasteiger partial charge is 0.202 e. The fourth-order valence-electron chi connectivity index (χ4n) is 1.29. The first kappa shape index (κ1) is 7.70. The summed E-state index contributed by atoms with van der Waals surface area (Å²) in [6, 6.07) is 0. The van der Waals surface area contributed by atoms with Gasteiger partial charge in [0.15, 0.2) is 0 Å². The Bertz CT molecular complexity index is 147. The van der Waals surface area contributed by atoms with Gasteiger partial charge >= 0.3 is 0 Å². The van der Waals surface area contributed by atoms with Crippen LogP contribution in [0.1, 0.15) is 32.6 Å². The van der Waals surface area contributed by atoms with E-state index in [9.17, 15) is 8.78 Å². The molecular formula is C8H12F2. The van der Waals surface area contributed by atoms with Gasteiger partial charge in [0.1, 0.15) is 0 Å². The third-order valence-corrected chi connectivity index (χ3v) is 1.84. The summed E-state index contributed by atoms with van der Waals surface area (Å²) >= 11 is 0. The first-order valence-corrected chi connectivity index (χ1v) is 3.74. The monoisotopic (exact) mass is 146 g/mol. The highest BCUT2D eigenvalue weighted by molar-refractivity contribution is 5.18. The van der Waals surface area contributed by atoms with E-state index in [1.165, 1.54) is 0 Å². The minimum Gasteiger partial charge on any atom is -0.202 e. The Labute approximate surface area is 59.9 Å². The molecule has 0 fully saturated rings. The molecule has 0 aliphatic heterocycles.